The van der Waals surface area contributed by atoms with Crippen molar-refractivity contribution in [2.45, 2.75) is 20.3 Å². The first kappa shape index (κ1) is 15.1. The summed E-state index contributed by atoms with van der Waals surface area (Å²) in [4.78, 5) is 12.6. The highest BCUT2D eigenvalue weighted by Crippen LogP contribution is 2.24. The van der Waals surface area contributed by atoms with Crippen LogP contribution in [0.2, 0.25) is 0 Å². The average Bonchev–Trinajstić information content (AvgIpc) is 2.46. The number of ether oxygens (including phenoxy) is 1. The predicted octanol–water partition coefficient (Wildman–Crippen LogP) is 3.71. The third kappa shape index (κ3) is 3.63. The van der Waals surface area contributed by atoms with Crippen LogP contribution in [0.25, 0.3) is 0 Å². The summed E-state index contributed by atoms with van der Waals surface area (Å²) in [5.74, 6) is 1.05. The van der Waals surface area contributed by atoms with Gasteiger partial charge in [0.05, 0.1) is 12.7 Å². The zero-order chi connectivity index (χ0) is 15.4. The number of anilines is 1. The maximum Gasteiger partial charge on any atom is 0.196 e. The predicted molar refractivity (Wildman–Crippen MR) is 85.8 cm³/mol. The molecule has 0 aliphatic rings. The molecule has 0 atom stereocenters. The number of nitrogen functional groups attached to an aromatic ring is 1. The van der Waals surface area contributed by atoms with Gasteiger partial charge < -0.3 is 10.5 Å². The summed E-state index contributed by atoms with van der Waals surface area (Å²) in [6.07, 6.45) is 1.01. The van der Waals surface area contributed by atoms with Crippen LogP contribution >= 0.6 is 0 Å². The van der Waals surface area contributed by atoms with Crippen molar-refractivity contribution in [2.24, 2.45) is 5.92 Å². The number of rotatable bonds is 5. The summed E-state index contributed by atoms with van der Waals surface area (Å²) in [7, 11) is 1.54. The highest BCUT2D eigenvalue weighted by atomic mass is 16.5. The molecule has 0 fully saturated rings. The Hall–Kier alpha value is -2.29. The second kappa shape index (κ2) is 6.44. The molecule has 0 aromatic heterocycles. The van der Waals surface area contributed by atoms with Crippen molar-refractivity contribution < 1.29 is 9.53 Å². The van der Waals surface area contributed by atoms with Gasteiger partial charge in [-0.15, -0.1) is 0 Å². The van der Waals surface area contributed by atoms with E-state index in [2.05, 4.69) is 13.8 Å². The maximum absolute atomic E-state index is 12.6. The molecule has 0 spiro atoms. The first-order chi connectivity index (χ1) is 10.0. The van der Waals surface area contributed by atoms with E-state index in [1.807, 2.05) is 24.3 Å². The summed E-state index contributed by atoms with van der Waals surface area (Å²) in [5, 5.41) is 0. The molecular weight excluding hydrogens is 262 g/mol. The first-order valence-electron chi connectivity index (χ1n) is 7.08. The van der Waals surface area contributed by atoms with Crippen LogP contribution in [0.5, 0.6) is 5.75 Å². The van der Waals surface area contributed by atoms with Crippen LogP contribution in [0.4, 0.5) is 5.69 Å². The third-order valence-electron chi connectivity index (χ3n) is 3.33. The second-order valence-corrected chi connectivity index (χ2v) is 5.58. The van der Waals surface area contributed by atoms with Gasteiger partial charge in [-0.25, -0.2) is 0 Å². The third-order valence-corrected chi connectivity index (χ3v) is 3.33. The number of hydrogen-bond donors (Lipinski definition) is 1. The lowest BCUT2D eigenvalue weighted by Gasteiger charge is -2.09. The van der Waals surface area contributed by atoms with Gasteiger partial charge in [0.15, 0.2) is 5.78 Å². The first-order valence-corrected chi connectivity index (χ1v) is 7.08. The smallest absolute Gasteiger partial charge is 0.196 e. The van der Waals surface area contributed by atoms with E-state index in [0.717, 1.165) is 6.42 Å². The number of hydrogen-bond acceptors (Lipinski definition) is 3. The summed E-state index contributed by atoms with van der Waals surface area (Å²) in [6.45, 7) is 4.36. The van der Waals surface area contributed by atoms with E-state index in [0.29, 0.717) is 28.5 Å². The Bertz CT molecular complexity index is 630. The minimum atomic E-state index is -0.0528. The monoisotopic (exact) mass is 283 g/mol. The zero-order valence-corrected chi connectivity index (χ0v) is 12.7. The van der Waals surface area contributed by atoms with E-state index in [9.17, 15) is 4.79 Å². The topological polar surface area (TPSA) is 52.3 Å². The van der Waals surface area contributed by atoms with Crippen molar-refractivity contribution in [3.63, 3.8) is 0 Å². The Morgan fingerprint density at radius 1 is 1.14 bits per heavy atom. The Labute approximate surface area is 125 Å². The standard InChI is InChI=1S/C18H21NO2/c1-12(2)10-13-4-6-14(7-5-13)18(20)16-9-8-15(19)11-17(16)21-3/h4-9,11-12H,10,19H2,1-3H3. The number of methoxy groups -OCH3 is 1. The summed E-state index contributed by atoms with van der Waals surface area (Å²) < 4.78 is 5.24. The quantitative estimate of drug-likeness (QED) is 0.672. The van der Waals surface area contributed by atoms with Crippen molar-refractivity contribution in [3.05, 3.63) is 59.2 Å². The summed E-state index contributed by atoms with van der Waals surface area (Å²) >= 11 is 0. The fourth-order valence-corrected chi connectivity index (χ4v) is 2.31. The molecule has 0 bridgehead atoms. The van der Waals surface area contributed by atoms with Crippen LogP contribution in [0.1, 0.15) is 35.3 Å². The van der Waals surface area contributed by atoms with Crippen molar-refractivity contribution in [1.82, 2.24) is 0 Å². The maximum atomic E-state index is 12.6. The van der Waals surface area contributed by atoms with Gasteiger partial charge in [-0.1, -0.05) is 38.1 Å². The fraction of sp³-hybridized carbons (Fsp3) is 0.278. The lowest BCUT2D eigenvalue weighted by atomic mass is 9.98. The van der Waals surface area contributed by atoms with E-state index in [1.165, 1.54) is 12.7 Å². The van der Waals surface area contributed by atoms with E-state index in [-0.39, 0.29) is 5.78 Å². The van der Waals surface area contributed by atoms with Crippen LogP contribution in [0, 0.1) is 5.92 Å². The van der Waals surface area contributed by atoms with Gasteiger partial charge in [0.1, 0.15) is 5.75 Å². The van der Waals surface area contributed by atoms with Crippen molar-refractivity contribution >= 4 is 11.5 Å². The number of carbonyl (C=O) groups excluding carboxylic acids is 1. The van der Waals surface area contributed by atoms with Crippen molar-refractivity contribution in [1.29, 1.82) is 0 Å². The molecule has 0 unspecified atom stereocenters. The SMILES string of the molecule is COc1cc(N)ccc1C(=O)c1ccc(CC(C)C)cc1. The minimum absolute atomic E-state index is 0.0528. The minimum Gasteiger partial charge on any atom is -0.496 e. The Kier molecular flexibility index (Phi) is 4.63. The molecule has 3 nitrogen and oxygen atoms in total. The molecule has 2 N–H and O–H groups in total. The molecule has 0 radical (unpaired) electrons. The van der Waals surface area contributed by atoms with Crippen LogP contribution < -0.4 is 10.5 Å². The lowest BCUT2D eigenvalue weighted by molar-refractivity contribution is 0.103. The number of nitrogens with two attached hydrogens (primary N) is 1. The van der Waals surface area contributed by atoms with Crippen LogP contribution in [-0.2, 0) is 6.42 Å². The van der Waals surface area contributed by atoms with Gasteiger partial charge in [-0.3, -0.25) is 4.79 Å². The molecule has 21 heavy (non-hydrogen) atoms. The van der Waals surface area contributed by atoms with E-state index in [1.54, 1.807) is 18.2 Å². The van der Waals surface area contributed by atoms with Gasteiger partial charge in [0, 0.05) is 17.3 Å². The van der Waals surface area contributed by atoms with Crippen molar-refractivity contribution in [2.75, 3.05) is 12.8 Å². The molecule has 0 saturated heterocycles. The van der Waals surface area contributed by atoms with Gasteiger partial charge in [-0.2, -0.15) is 0 Å². The fourth-order valence-electron chi connectivity index (χ4n) is 2.31. The molecule has 110 valence electrons. The average molecular weight is 283 g/mol. The van der Waals surface area contributed by atoms with E-state index >= 15 is 0 Å². The molecule has 2 aromatic rings. The molecule has 3 heteroatoms. The lowest BCUT2D eigenvalue weighted by Crippen LogP contribution is -2.05. The molecule has 0 heterocycles. The van der Waals surface area contributed by atoms with Gasteiger partial charge in [-0.05, 0) is 30.0 Å². The number of ketones is 1. The molecule has 0 aliphatic carbocycles. The Morgan fingerprint density at radius 2 is 1.81 bits per heavy atom. The van der Waals surface area contributed by atoms with Crippen LogP contribution in [0.15, 0.2) is 42.5 Å². The normalized spacial score (nSPS) is 10.7. The van der Waals surface area contributed by atoms with Crippen LogP contribution in [0.3, 0.4) is 0 Å². The Morgan fingerprint density at radius 3 is 2.38 bits per heavy atom. The van der Waals surface area contributed by atoms with Gasteiger partial charge >= 0.3 is 0 Å². The molecule has 2 aromatic carbocycles. The second-order valence-electron chi connectivity index (χ2n) is 5.58. The molecule has 2 rings (SSSR count). The molecular formula is C18H21NO2. The van der Waals surface area contributed by atoms with E-state index in [4.69, 9.17) is 10.5 Å². The highest BCUT2D eigenvalue weighted by molar-refractivity contribution is 6.10. The van der Waals surface area contributed by atoms with Gasteiger partial charge in [0.2, 0.25) is 0 Å². The molecule has 0 amide bonds. The summed E-state index contributed by atoms with van der Waals surface area (Å²) in [5.41, 5.74) is 8.73. The molecule has 0 saturated carbocycles. The highest BCUT2D eigenvalue weighted by Gasteiger charge is 2.14. The van der Waals surface area contributed by atoms with Crippen LogP contribution in [-0.4, -0.2) is 12.9 Å². The zero-order valence-electron chi connectivity index (χ0n) is 12.7. The number of carbonyl (C=O) groups is 1. The summed E-state index contributed by atoms with van der Waals surface area (Å²) in [6, 6.07) is 12.8. The largest absolute Gasteiger partial charge is 0.496 e. The van der Waals surface area contributed by atoms with E-state index < -0.39 is 0 Å². The Balaban J connectivity index is 2.28. The van der Waals surface area contributed by atoms with Gasteiger partial charge in [0.25, 0.3) is 0 Å². The number of benzene rings is 2. The molecule has 0 aliphatic heterocycles. The van der Waals surface area contributed by atoms with Crippen molar-refractivity contribution in [3.8, 4) is 5.75 Å².